The Balaban J connectivity index is 1.69. The first kappa shape index (κ1) is 26.2. The van der Waals surface area contributed by atoms with E-state index < -0.39 is 48.9 Å². The molecule has 1 atom stereocenters. The second kappa shape index (κ2) is 12.3. The van der Waals surface area contributed by atoms with Gasteiger partial charge in [-0.1, -0.05) is 31.2 Å². The summed E-state index contributed by atoms with van der Waals surface area (Å²) in [6.07, 6.45) is 0.421. The van der Waals surface area contributed by atoms with Gasteiger partial charge in [0.1, 0.15) is 23.7 Å². The van der Waals surface area contributed by atoms with E-state index in [1.165, 1.54) is 30.3 Å². The molecule has 10 nitrogen and oxygen atoms in total. The number of rotatable bonds is 10. The lowest BCUT2D eigenvalue weighted by molar-refractivity contribution is -0.139. The van der Waals surface area contributed by atoms with Crippen LogP contribution in [0.5, 0.6) is 5.75 Å². The Bertz CT molecular complexity index is 1180. The zero-order valence-corrected chi connectivity index (χ0v) is 19.8. The minimum atomic E-state index is -0.809. The van der Waals surface area contributed by atoms with Crippen molar-refractivity contribution in [2.45, 2.75) is 26.3 Å². The first-order valence-electron chi connectivity index (χ1n) is 11.2. The van der Waals surface area contributed by atoms with Gasteiger partial charge in [0.15, 0.2) is 6.61 Å². The second-order valence-electron chi connectivity index (χ2n) is 7.56. The number of urea groups is 1. The zero-order chi connectivity index (χ0) is 26.1. The smallest absolute Gasteiger partial charge is 0.342 e. The molecule has 36 heavy (non-hydrogen) atoms. The molecule has 3 rings (SSSR count). The van der Waals surface area contributed by atoms with E-state index in [1.54, 1.807) is 32.0 Å². The predicted molar refractivity (Wildman–Crippen MR) is 127 cm³/mol. The third kappa shape index (κ3) is 6.59. The van der Waals surface area contributed by atoms with Gasteiger partial charge in [0.25, 0.3) is 5.91 Å². The van der Waals surface area contributed by atoms with E-state index >= 15 is 0 Å². The Kier molecular flexibility index (Phi) is 8.98. The molecule has 0 aromatic heterocycles. The number of carbonyl (C=O) groups is 4. The van der Waals surface area contributed by atoms with Crippen LogP contribution in [0.1, 0.15) is 30.6 Å². The van der Waals surface area contributed by atoms with E-state index in [0.717, 1.165) is 0 Å². The van der Waals surface area contributed by atoms with Crippen LogP contribution in [0.3, 0.4) is 0 Å². The molecule has 1 aliphatic rings. The first-order valence-corrected chi connectivity index (χ1v) is 11.2. The molecule has 1 aliphatic heterocycles. The minimum Gasteiger partial charge on any atom is -0.483 e. The lowest BCUT2D eigenvalue weighted by Crippen LogP contribution is -2.51. The van der Waals surface area contributed by atoms with Crippen LogP contribution >= 0.6 is 0 Å². The van der Waals surface area contributed by atoms with E-state index in [9.17, 15) is 23.6 Å². The van der Waals surface area contributed by atoms with Crippen LogP contribution in [0.2, 0.25) is 0 Å². The van der Waals surface area contributed by atoms with Crippen molar-refractivity contribution >= 4 is 29.6 Å². The summed E-state index contributed by atoms with van der Waals surface area (Å²) in [7, 11) is 0. The van der Waals surface area contributed by atoms with Gasteiger partial charge in [-0.15, -0.1) is 0 Å². The van der Waals surface area contributed by atoms with Crippen molar-refractivity contribution in [2.24, 2.45) is 0 Å². The van der Waals surface area contributed by atoms with Gasteiger partial charge < -0.3 is 30.2 Å². The number of halogens is 1. The Hall–Kier alpha value is -4.41. The lowest BCUT2D eigenvalue weighted by Gasteiger charge is -2.28. The topological polar surface area (TPSA) is 132 Å². The summed E-state index contributed by atoms with van der Waals surface area (Å²) in [5, 5.41) is 7.51. The summed E-state index contributed by atoms with van der Waals surface area (Å²) in [5.41, 5.74) is 0.293. The molecule has 0 unspecified atom stereocenters. The first-order chi connectivity index (χ1) is 17.3. The number of nitrogens with one attached hydrogen (secondary N) is 3. The molecule has 0 saturated heterocycles. The fourth-order valence-electron chi connectivity index (χ4n) is 3.44. The zero-order valence-electron chi connectivity index (χ0n) is 19.8. The van der Waals surface area contributed by atoms with E-state index in [-0.39, 0.29) is 34.9 Å². The maximum absolute atomic E-state index is 13.7. The van der Waals surface area contributed by atoms with Gasteiger partial charge in [-0.3, -0.25) is 4.79 Å². The third-order valence-electron chi connectivity index (χ3n) is 5.11. The number of carbonyl (C=O) groups excluding carboxylic acids is 4. The molecule has 0 spiro atoms. The van der Waals surface area contributed by atoms with Crippen molar-refractivity contribution in [2.75, 3.05) is 25.1 Å². The Labute approximate surface area is 206 Å². The third-order valence-corrected chi connectivity index (χ3v) is 5.11. The number of hydrogen-bond donors (Lipinski definition) is 3. The summed E-state index contributed by atoms with van der Waals surface area (Å²) < 4.78 is 29.6. The van der Waals surface area contributed by atoms with Gasteiger partial charge >= 0.3 is 18.0 Å². The highest BCUT2D eigenvalue weighted by Crippen LogP contribution is 2.21. The molecule has 0 saturated carbocycles. The molecule has 0 aliphatic carbocycles. The average molecular weight is 499 g/mol. The van der Waals surface area contributed by atoms with Crippen molar-refractivity contribution in [3.63, 3.8) is 0 Å². The molecular formula is C25H26FN3O7. The van der Waals surface area contributed by atoms with Crippen molar-refractivity contribution in [3.8, 4) is 5.75 Å². The fraction of sp³-hybridized carbons (Fsp3) is 0.280. The minimum absolute atomic E-state index is 0.00104. The number of anilines is 1. The molecule has 0 bridgehead atoms. The molecule has 3 amide bonds. The standard InChI is InChI=1S/C25H26FN3O7/c1-3-17-22(24(32)34-4-2)19(29-25(33)28-17)13-36-23(31)15-9-5-8-12-20(15)35-14-21(30)27-18-11-7-6-10-16(18)26/h5-12,17H,3-4,13-14H2,1-2H3,(H,27,30)(H2,28,29,33)/t17-/m0/s1. The molecule has 11 heteroatoms. The van der Waals surface area contributed by atoms with E-state index in [4.69, 9.17) is 14.2 Å². The van der Waals surface area contributed by atoms with Crippen LogP contribution < -0.4 is 20.7 Å². The van der Waals surface area contributed by atoms with E-state index in [0.29, 0.717) is 6.42 Å². The van der Waals surface area contributed by atoms with Gasteiger partial charge in [0, 0.05) is 0 Å². The van der Waals surface area contributed by atoms with Gasteiger partial charge in [0.2, 0.25) is 0 Å². The number of esters is 2. The van der Waals surface area contributed by atoms with Crippen LogP contribution in [-0.2, 0) is 19.1 Å². The number of amides is 3. The van der Waals surface area contributed by atoms with Crippen LogP contribution in [-0.4, -0.2) is 49.7 Å². The monoisotopic (exact) mass is 499 g/mol. The Morgan fingerprint density at radius 3 is 2.44 bits per heavy atom. The molecule has 1 heterocycles. The summed E-state index contributed by atoms with van der Waals surface area (Å²) in [6, 6.07) is 10.6. The van der Waals surface area contributed by atoms with Crippen LogP contribution in [0.25, 0.3) is 0 Å². The molecule has 3 N–H and O–H groups in total. The SMILES string of the molecule is CCOC(=O)C1=C(COC(=O)c2ccccc2OCC(=O)Nc2ccccc2F)NC(=O)N[C@H]1CC. The van der Waals surface area contributed by atoms with Gasteiger partial charge in [-0.05, 0) is 37.6 Å². The van der Waals surface area contributed by atoms with Gasteiger partial charge in [-0.2, -0.15) is 0 Å². The summed E-state index contributed by atoms with van der Waals surface area (Å²) in [4.78, 5) is 49.5. The summed E-state index contributed by atoms with van der Waals surface area (Å²) in [5.74, 6) is -2.60. The van der Waals surface area contributed by atoms with Crippen molar-refractivity contribution in [1.29, 1.82) is 0 Å². The predicted octanol–water partition coefficient (Wildman–Crippen LogP) is 2.91. The highest BCUT2D eigenvalue weighted by atomic mass is 19.1. The lowest BCUT2D eigenvalue weighted by atomic mass is 10.0. The molecule has 2 aromatic rings. The van der Waals surface area contributed by atoms with Crippen molar-refractivity contribution < 1.29 is 37.8 Å². The quantitative estimate of drug-likeness (QED) is 0.428. The van der Waals surface area contributed by atoms with Gasteiger partial charge in [0.05, 0.1) is 29.6 Å². The average Bonchev–Trinajstić information content (AvgIpc) is 2.87. The molecular weight excluding hydrogens is 473 g/mol. The number of benzene rings is 2. The summed E-state index contributed by atoms with van der Waals surface area (Å²) in [6.45, 7) is 2.68. The van der Waals surface area contributed by atoms with Crippen LogP contribution in [0.15, 0.2) is 59.8 Å². The normalized spacial score (nSPS) is 14.9. The highest BCUT2D eigenvalue weighted by Gasteiger charge is 2.32. The Morgan fingerprint density at radius 1 is 1.00 bits per heavy atom. The van der Waals surface area contributed by atoms with E-state index in [1.807, 2.05) is 0 Å². The second-order valence-corrected chi connectivity index (χ2v) is 7.56. The maximum Gasteiger partial charge on any atom is 0.342 e. The summed E-state index contributed by atoms with van der Waals surface area (Å²) >= 11 is 0. The van der Waals surface area contributed by atoms with Crippen molar-refractivity contribution in [1.82, 2.24) is 10.6 Å². The maximum atomic E-state index is 13.7. The highest BCUT2D eigenvalue weighted by molar-refractivity contribution is 5.96. The van der Waals surface area contributed by atoms with Gasteiger partial charge in [-0.25, -0.2) is 18.8 Å². The molecule has 0 radical (unpaired) electrons. The van der Waals surface area contributed by atoms with Crippen LogP contribution in [0, 0.1) is 5.82 Å². The fourth-order valence-corrected chi connectivity index (χ4v) is 3.44. The molecule has 2 aromatic carbocycles. The van der Waals surface area contributed by atoms with Crippen LogP contribution in [0.4, 0.5) is 14.9 Å². The number of ether oxygens (including phenoxy) is 3. The largest absolute Gasteiger partial charge is 0.483 e. The van der Waals surface area contributed by atoms with E-state index in [2.05, 4.69) is 16.0 Å². The Morgan fingerprint density at radius 2 is 1.72 bits per heavy atom. The number of para-hydroxylation sites is 2. The molecule has 0 fully saturated rings. The number of hydrogen-bond acceptors (Lipinski definition) is 7. The van der Waals surface area contributed by atoms with Crippen molar-refractivity contribution in [3.05, 3.63) is 71.2 Å². The molecule has 190 valence electrons.